The lowest BCUT2D eigenvalue weighted by molar-refractivity contribution is -0.134. The predicted molar refractivity (Wildman–Crippen MR) is 112 cm³/mol. The van der Waals surface area contributed by atoms with Gasteiger partial charge in [-0.15, -0.1) is 0 Å². The van der Waals surface area contributed by atoms with Crippen molar-refractivity contribution in [2.45, 2.75) is 46.0 Å². The number of hydrogen-bond acceptors (Lipinski definition) is 4. The van der Waals surface area contributed by atoms with Gasteiger partial charge in [-0.3, -0.25) is 14.7 Å². The number of rotatable bonds is 5. The lowest BCUT2D eigenvalue weighted by Gasteiger charge is -2.34. The topological polar surface area (TPSA) is 87.3 Å². The van der Waals surface area contributed by atoms with Crippen molar-refractivity contribution >= 4 is 17.5 Å². The molecule has 1 aromatic carbocycles. The van der Waals surface area contributed by atoms with Crippen molar-refractivity contribution in [2.24, 2.45) is 5.41 Å². The summed E-state index contributed by atoms with van der Waals surface area (Å²) in [7, 11) is 1.59. The van der Waals surface area contributed by atoms with Gasteiger partial charge in [0.25, 0.3) is 5.91 Å². The maximum Gasteiger partial charge on any atom is 0.255 e. The first-order chi connectivity index (χ1) is 13.8. The Morgan fingerprint density at radius 3 is 2.66 bits per heavy atom. The van der Waals surface area contributed by atoms with Gasteiger partial charge in [-0.1, -0.05) is 20.8 Å². The summed E-state index contributed by atoms with van der Waals surface area (Å²) < 4.78 is 5.13. The molecule has 1 fully saturated rings. The lowest BCUT2D eigenvalue weighted by atomic mass is 9.89. The Hall–Kier alpha value is -2.83. The van der Waals surface area contributed by atoms with Crippen LogP contribution in [-0.2, 0) is 4.79 Å². The van der Waals surface area contributed by atoms with E-state index in [2.05, 4.69) is 36.3 Å². The number of aromatic nitrogens is 2. The van der Waals surface area contributed by atoms with Crippen LogP contribution in [-0.4, -0.2) is 47.1 Å². The molecule has 2 aromatic rings. The molecule has 1 aromatic heterocycles. The van der Waals surface area contributed by atoms with Crippen LogP contribution in [0.3, 0.4) is 0 Å². The van der Waals surface area contributed by atoms with Crippen molar-refractivity contribution < 1.29 is 14.3 Å². The van der Waals surface area contributed by atoms with Gasteiger partial charge >= 0.3 is 0 Å². The maximum absolute atomic E-state index is 12.6. The Morgan fingerprint density at radius 2 is 2.00 bits per heavy atom. The number of hydrogen-bond donors (Lipinski definition) is 2. The number of aromatic amines is 1. The van der Waals surface area contributed by atoms with E-state index >= 15 is 0 Å². The van der Waals surface area contributed by atoms with E-state index in [0.29, 0.717) is 30.0 Å². The molecule has 2 N–H and O–H groups in total. The van der Waals surface area contributed by atoms with E-state index in [4.69, 9.17) is 4.74 Å². The number of benzene rings is 1. The van der Waals surface area contributed by atoms with Gasteiger partial charge in [0.05, 0.1) is 24.7 Å². The van der Waals surface area contributed by atoms with Gasteiger partial charge in [0.2, 0.25) is 5.91 Å². The van der Waals surface area contributed by atoms with Gasteiger partial charge in [-0.05, 0) is 42.5 Å². The summed E-state index contributed by atoms with van der Waals surface area (Å²) in [6, 6.07) is 6.96. The summed E-state index contributed by atoms with van der Waals surface area (Å²) in [6.07, 6.45) is 4.05. The molecule has 1 aliphatic heterocycles. The number of carbonyl (C=O) groups excluding carboxylic acids is 2. The van der Waals surface area contributed by atoms with Crippen LogP contribution in [0.2, 0.25) is 0 Å². The minimum atomic E-state index is -0.202. The number of H-pyrrole nitrogens is 1. The Balaban J connectivity index is 1.68. The van der Waals surface area contributed by atoms with Crippen LogP contribution in [0.15, 0.2) is 30.5 Å². The van der Waals surface area contributed by atoms with Gasteiger partial charge in [0, 0.05) is 31.0 Å². The van der Waals surface area contributed by atoms with Gasteiger partial charge in [0.15, 0.2) is 0 Å². The molecular weight excluding hydrogens is 368 g/mol. The lowest BCUT2D eigenvalue weighted by Crippen LogP contribution is -2.40. The summed E-state index contributed by atoms with van der Waals surface area (Å²) >= 11 is 0. The normalized spacial score (nSPS) is 17.1. The number of methoxy groups -OCH3 is 1. The highest BCUT2D eigenvalue weighted by Gasteiger charge is 2.29. The molecule has 2 heterocycles. The number of nitrogens with zero attached hydrogens (tertiary/aromatic N) is 2. The molecule has 0 radical (unpaired) electrons. The molecule has 7 nitrogen and oxygen atoms in total. The van der Waals surface area contributed by atoms with E-state index in [0.717, 1.165) is 25.1 Å². The van der Waals surface area contributed by atoms with Crippen LogP contribution in [0.25, 0.3) is 0 Å². The molecule has 29 heavy (non-hydrogen) atoms. The van der Waals surface area contributed by atoms with Crippen LogP contribution >= 0.6 is 0 Å². The zero-order chi connectivity index (χ0) is 21.0. The van der Waals surface area contributed by atoms with Crippen LogP contribution in [0.1, 0.15) is 62.0 Å². The van der Waals surface area contributed by atoms with Crippen molar-refractivity contribution in [3.05, 3.63) is 41.7 Å². The summed E-state index contributed by atoms with van der Waals surface area (Å²) in [5, 5.41) is 10.1. The standard InChI is InChI=1S/C22H30N4O3/c1-22(2,3)12-19(27)26-11-5-6-16(14-26)20-18(13-23-25-20)24-21(28)15-7-9-17(29-4)10-8-15/h7-10,13,16H,5-6,11-12,14H2,1-4H3,(H,23,25)(H,24,28). The first-order valence-corrected chi connectivity index (χ1v) is 10.0. The molecule has 0 saturated carbocycles. The Labute approximate surface area is 171 Å². The molecule has 3 rings (SSSR count). The Kier molecular flexibility index (Phi) is 6.25. The van der Waals surface area contributed by atoms with Crippen molar-refractivity contribution in [1.82, 2.24) is 15.1 Å². The summed E-state index contributed by atoms with van der Waals surface area (Å²) in [6.45, 7) is 7.66. The third-order valence-corrected chi connectivity index (χ3v) is 5.13. The number of ether oxygens (including phenoxy) is 1. The van der Waals surface area contributed by atoms with Crippen molar-refractivity contribution in [1.29, 1.82) is 0 Å². The predicted octanol–water partition coefficient (Wildman–Crippen LogP) is 3.81. The van der Waals surface area contributed by atoms with E-state index in [9.17, 15) is 9.59 Å². The highest BCUT2D eigenvalue weighted by molar-refractivity contribution is 6.04. The molecule has 7 heteroatoms. The fourth-order valence-corrected chi connectivity index (χ4v) is 3.65. The molecule has 0 bridgehead atoms. The smallest absolute Gasteiger partial charge is 0.255 e. The minimum absolute atomic E-state index is 0.0322. The second-order valence-corrected chi connectivity index (χ2v) is 8.80. The highest BCUT2D eigenvalue weighted by atomic mass is 16.5. The maximum atomic E-state index is 12.6. The zero-order valence-corrected chi connectivity index (χ0v) is 17.6. The number of piperidine rings is 1. The summed E-state index contributed by atoms with van der Waals surface area (Å²) in [5.74, 6) is 0.811. The zero-order valence-electron chi connectivity index (χ0n) is 17.6. The molecule has 1 atom stereocenters. The second-order valence-electron chi connectivity index (χ2n) is 8.80. The summed E-state index contributed by atoms with van der Waals surface area (Å²) in [4.78, 5) is 27.2. The molecule has 2 amide bonds. The fraction of sp³-hybridized carbons (Fsp3) is 0.500. The van der Waals surface area contributed by atoms with E-state index in [-0.39, 0.29) is 23.1 Å². The quantitative estimate of drug-likeness (QED) is 0.802. The molecule has 156 valence electrons. The van der Waals surface area contributed by atoms with E-state index in [1.807, 2.05) is 4.90 Å². The van der Waals surface area contributed by atoms with Crippen molar-refractivity contribution in [3.8, 4) is 5.75 Å². The minimum Gasteiger partial charge on any atom is -0.497 e. The van der Waals surface area contributed by atoms with Gasteiger partial charge in [-0.2, -0.15) is 5.10 Å². The van der Waals surface area contributed by atoms with E-state index in [1.165, 1.54) is 0 Å². The Bertz CT molecular complexity index is 852. The number of carbonyl (C=O) groups is 2. The van der Waals surface area contributed by atoms with Gasteiger partial charge in [0.1, 0.15) is 5.75 Å². The van der Waals surface area contributed by atoms with Crippen molar-refractivity contribution in [2.75, 3.05) is 25.5 Å². The van der Waals surface area contributed by atoms with Crippen LogP contribution in [0, 0.1) is 5.41 Å². The molecular formula is C22H30N4O3. The molecule has 1 unspecified atom stereocenters. The second kappa shape index (κ2) is 8.68. The van der Waals surface area contributed by atoms with Crippen LogP contribution in [0.5, 0.6) is 5.75 Å². The molecule has 0 spiro atoms. The number of amides is 2. The third kappa shape index (κ3) is 5.37. The molecule has 1 aliphatic rings. The SMILES string of the molecule is COc1ccc(C(=O)Nc2cn[nH]c2C2CCCN(C(=O)CC(C)(C)C)C2)cc1. The highest BCUT2D eigenvalue weighted by Crippen LogP contribution is 2.32. The number of likely N-dealkylation sites (tertiary alicyclic amines) is 1. The van der Waals surface area contributed by atoms with Crippen LogP contribution < -0.4 is 10.1 Å². The first kappa shape index (κ1) is 20.9. The Morgan fingerprint density at radius 1 is 1.28 bits per heavy atom. The third-order valence-electron chi connectivity index (χ3n) is 5.13. The average molecular weight is 399 g/mol. The fourth-order valence-electron chi connectivity index (χ4n) is 3.65. The summed E-state index contributed by atoms with van der Waals surface area (Å²) in [5.41, 5.74) is 2.06. The van der Waals surface area contributed by atoms with Gasteiger partial charge in [-0.25, -0.2) is 0 Å². The largest absolute Gasteiger partial charge is 0.497 e. The van der Waals surface area contributed by atoms with Crippen LogP contribution in [0.4, 0.5) is 5.69 Å². The van der Waals surface area contributed by atoms with Crippen molar-refractivity contribution in [3.63, 3.8) is 0 Å². The van der Waals surface area contributed by atoms with E-state index in [1.54, 1.807) is 37.6 Å². The van der Waals surface area contributed by atoms with Gasteiger partial charge < -0.3 is 15.0 Å². The van der Waals surface area contributed by atoms with E-state index < -0.39 is 0 Å². The monoisotopic (exact) mass is 398 g/mol. The average Bonchev–Trinajstić information content (AvgIpc) is 3.15. The first-order valence-electron chi connectivity index (χ1n) is 10.0. The number of nitrogens with one attached hydrogen (secondary N) is 2. The molecule has 0 aliphatic carbocycles. The number of anilines is 1. The molecule has 1 saturated heterocycles.